The van der Waals surface area contributed by atoms with E-state index >= 15 is 0 Å². The third kappa shape index (κ3) is 4.86. The molecule has 1 heterocycles. The molecule has 0 aliphatic carbocycles. The number of carboxylic acids is 1. The topological polar surface area (TPSA) is 78.4 Å². The van der Waals surface area contributed by atoms with Crippen LogP contribution in [0.3, 0.4) is 0 Å². The van der Waals surface area contributed by atoms with Crippen LogP contribution in [-0.4, -0.2) is 47.1 Å². The quantitative estimate of drug-likeness (QED) is 0.664. The van der Waals surface area contributed by atoms with Gasteiger partial charge in [-0.15, -0.1) is 0 Å². The summed E-state index contributed by atoms with van der Waals surface area (Å²) in [6.45, 7) is 4.68. The number of carbonyl (C=O) groups is 2. The Balaban J connectivity index is 2.42. The minimum absolute atomic E-state index is 0.0554. The number of hydrogen-bond donors (Lipinski definition) is 3. The summed E-state index contributed by atoms with van der Waals surface area (Å²) in [7, 11) is 0. The first-order valence-electron chi connectivity index (χ1n) is 6.37. The van der Waals surface area contributed by atoms with E-state index < -0.39 is 12.0 Å². The Morgan fingerprint density at radius 1 is 1.56 bits per heavy atom. The molecule has 0 aromatic heterocycles. The van der Waals surface area contributed by atoms with Crippen molar-refractivity contribution in [2.45, 2.75) is 38.8 Å². The highest BCUT2D eigenvalue weighted by Crippen LogP contribution is 2.12. The monoisotopic (exact) mass is 274 g/mol. The molecule has 104 valence electrons. The van der Waals surface area contributed by atoms with Crippen LogP contribution in [-0.2, 0) is 9.59 Å². The average molecular weight is 274 g/mol. The molecule has 0 bridgehead atoms. The van der Waals surface area contributed by atoms with Gasteiger partial charge in [-0.1, -0.05) is 20.3 Å². The zero-order valence-electron chi connectivity index (χ0n) is 10.9. The molecule has 1 amide bonds. The molecule has 0 aromatic rings. The lowest BCUT2D eigenvalue weighted by Crippen LogP contribution is -2.48. The van der Waals surface area contributed by atoms with E-state index in [1.807, 2.05) is 25.6 Å². The SMILES string of the molecule is CCC(C)C(NC(=O)CC1CSCCN1)C(=O)O. The molecule has 1 aliphatic heterocycles. The fourth-order valence-corrected chi connectivity index (χ4v) is 2.84. The van der Waals surface area contributed by atoms with Crippen molar-refractivity contribution in [3.05, 3.63) is 0 Å². The summed E-state index contributed by atoms with van der Waals surface area (Å²) in [6.07, 6.45) is 1.09. The molecule has 3 N–H and O–H groups in total. The maximum atomic E-state index is 11.8. The molecule has 5 nitrogen and oxygen atoms in total. The molecular weight excluding hydrogens is 252 g/mol. The van der Waals surface area contributed by atoms with E-state index in [2.05, 4.69) is 10.6 Å². The first-order chi connectivity index (χ1) is 8.54. The minimum Gasteiger partial charge on any atom is -0.480 e. The molecule has 1 saturated heterocycles. The molecule has 6 heteroatoms. The average Bonchev–Trinajstić information content (AvgIpc) is 2.36. The lowest BCUT2D eigenvalue weighted by molar-refractivity contribution is -0.143. The van der Waals surface area contributed by atoms with Crippen LogP contribution < -0.4 is 10.6 Å². The van der Waals surface area contributed by atoms with Gasteiger partial charge in [-0.25, -0.2) is 4.79 Å². The summed E-state index contributed by atoms with van der Waals surface area (Å²) >= 11 is 1.82. The molecule has 0 aromatic carbocycles. The van der Waals surface area contributed by atoms with Crippen LogP contribution in [0.5, 0.6) is 0 Å². The molecule has 1 aliphatic rings. The van der Waals surface area contributed by atoms with E-state index in [0.29, 0.717) is 6.42 Å². The van der Waals surface area contributed by atoms with Crippen molar-refractivity contribution in [3.8, 4) is 0 Å². The van der Waals surface area contributed by atoms with Gasteiger partial charge in [0.1, 0.15) is 6.04 Å². The number of thioether (sulfide) groups is 1. The van der Waals surface area contributed by atoms with Crippen molar-refractivity contribution in [2.24, 2.45) is 5.92 Å². The predicted molar refractivity (Wildman–Crippen MR) is 72.8 cm³/mol. The van der Waals surface area contributed by atoms with Gasteiger partial charge in [-0.3, -0.25) is 4.79 Å². The van der Waals surface area contributed by atoms with Crippen LogP contribution in [0.15, 0.2) is 0 Å². The third-order valence-corrected chi connectivity index (χ3v) is 4.36. The Labute approximate surface area is 112 Å². The highest BCUT2D eigenvalue weighted by atomic mass is 32.2. The Morgan fingerprint density at radius 2 is 2.28 bits per heavy atom. The van der Waals surface area contributed by atoms with E-state index in [1.54, 1.807) is 0 Å². The second kappa shape index (κ2) is 7.63. The molecule has 18 heavy (non-hydrogen) atoms. The maximum Gasteiger partial charge on any atom is 0.326 e. The third-order valence-electron chi connectivity index (χ3n) is 3.23. The number of amides is 1. The Bertz CT molecular complexity index is 293. The van der Waals surface area contributed by atoms with Gasteiger partial charge in [0.25, 0.3) is 0 Å². The summed E-state index contributed by atoms with van der Waals surface area (Å²) in [4.78, 5) is 22.9. The number of hydrogen-bond acceptors (Lipinski definition) is 4. The molecule has 1 rings (SSSR count). The van der Waals surface area contributed by atoms with Gasteiger partial charge in [0.2, 0.25) is 5.91 Å². The number of nitrogens with one attached hydrogen (secondary N) is 2. The van der Waals surface area contributed by atoms with Crippen molar-refractivity contribution in [3.63, 3.8) is 0 Å². The van der Waals surface area contributed by atoms with Gasteiger partial charge in [0, 0.05) is 30.5 Å². The van der Waals surface area contributed by atoms with E-state index in [4.69, 9.17) is 5.11 Å². The van der Waals surface area contributed by atoms with E-state index in [9.17, 15) is 9.59 Å². The van der Waals surface area contributed by atoms with E-state index in [1.165, 1.54) is 0 Å². The summed E-state index contributed by atoms with van der Waals surface area (Å²) in [5.74, 6) is 0.795. The van der Waals surface area contributed by atoms with Gasteiger partial charge in [0.15, 0.2) is 0 Å². The molecule has 0 spiro atoms. The molecule has 0 radical (unpaired) electrons. The number of rotatable bonds is 6. The fraction of sp³-hybridized carbons (Fsp3) is 0.833. The summed E-state index contributed by atoms with van der Waals surface area (Å²) in [5, 5.41) is 15.0. The smallest absolute Gasteiger partial charge is 0.326 e. The van der Waals surface area contributed by atoms with Crippen LogP contribution in [0.2, 0.25) is 0 Å². The first-order valence-corrected chi connectivity index (χ1v) is 7.53. The number of aliphatic carboxylic acids is 1. The van der Waals surface area contributed by atoms with Crippen LogP contribution in [0.4, 0.5) is 0 Å². The lowest BCUT2D eigenvalue weighted by atomic mass is 9.99. The molecular formula is C12H22N2O3S. The highest BCUT2D eigenvalue weighted by Gasteiger charge is 2.26. The van der Waals surface area contributed by atoms with Crippen molar-refractivity contribution in [1.29, 1.82) is 0 Å². The van der Waals surface area contributed by atoms with Gasteiger partial charge in [0.05, 0.1) is 0 Å². The Morgan fingerprint density at radius 3 is 2.78 bits per heavy atom. The van der Waals surface area contributed by atoms with Gasteiger partial charge in [-0.05, 0) is 5.92 Å². The van der Waals surface area contributed by atoms with Gasteiger partial charge >= 0.3 is 5.97 Å². The highest BCUT2D eigenvalue weighted by molar-refractivity contribution is 7.99. The number of carboxylic acid groups (broad SMARTS) is 1. The zero-order chi connectivity index (χ0) is 13.5. The first kappa shape index (κ1) is 15.3. The second-order valence-electron chi connectivity index (χ2n) is 4.70. The van der Waals surface area contributed by atoms with Gasteiger partial charge < -0.3 is 15.7 Å². The van der Waals surface area contributed by atoms with Crippen LogP contribution in [0.1, 0.15) is 26.7 Å². The number of carbonyl (C=O) groups excluding carboxylic acids is 1. The Hall–Kier alpha value is -0.750. The fourth-order valence-electron chi connectivity index (χ4n) is 1.89. The molecule has 3 unspecified atom stereocenters. The zero-order valence-corrected chi connectivity index (χ0v) is 11.8. The van der Waals surface area contributed by atoms with Gasteiger partial charge in [-0.2, -0.15) is 11.8 Å². The summed E-state index contributed by atoms with van der Waals surface area (Å²) in [5.41, 5.74) is 0. The Kier molecular flexibility index (Phi) is 6.49. The molecule has 1 fully saturated rings. The van der Waals surface area contributed by atoms with Crippen LogP contribution in [0.25, 0.3) is 0 Å². The normalized spacial score (nSPS) is 23.1. The largest absolute Gasteiger partial charge is 0.480 e. The van der Waals surface area contributed by atoms with Crippen molar-refractivity contribution in [2.75, 3.05) is 18.1 Å². The molecule has 0 saturated carbocycles. The maximum absolute atomic E-state index is 11.8. The van der Waals surface area contributed by atoms with E-state index in [0.717, 1.165) is 24.5 Å². The summed E-state index contributed by atoms with van der Waals surface area (Å²) in [6, 6.07) is -0.617. The predicted octanol–water partition coefficient (Wildman–Crippen LogP) is 0.697. The van der Waals surface area contributed by atoms with Crippen LogP contribution >= 0.6 is 11.8 Å². The second-order valence-corrected chi connectivity index (χ2v) is 5.85. The van der Waals surface area contributed by atoms with E-state index in [-0.39, 0.29) is 17.9 Å². The van der Waals surface area contributed by atoms with Crippen molar-refractivity contribution < 1.29 is 14.7 Å². The lowest BCUT2D eigenvalue weighted by Gasteiger charge is -2.25. The van der Waals surface area contributed by atoms with Crippen molar-refractivity contribution >= 4 is 23.6 Å². The standard InChI is InChI=1S/C12H22N2O3S/c1-3-8(2)11(12(16)17)14-10(15)6-9-7-18-5-4-13-9/h8-9,11,13H,3-7H2,1-2H3,(H,14,15)(H,16,17). The van der Waals surface area contributed by atoms with Crippen molar-refractivity contribution in [1.82, 2.24) is 10.6 Å². The molecule has 3 atom stereocenters. The van der Waals surface area contributed by atoms with Crippen LogP contribution in [0, 0.1) is 5.92 Å². The summed E-state index contributed by atoms with van der Waals surface area (Å²) < 4.78 is 0. The minimum atomic E-state index is -0.955.